The van der Waals surface area contributed by atoms with E-state index in [1.807, 2.05) is 19.9 Å². The van der Waals surface area contributed by atoms with Crippen LogP contribution in [0, 0.1) is 24.1 Å². The normalized spacial score (nSPS) is 10.9. The largest absolute Gasteiger partial charge is 0.478 e. The summed E-state index contributed by atoms with van der Waals surface area (Å²) in [6.07, 6.45) is 1.43. The lowest BCUT2D eigenvalue weighted by Gasteiger charge is -2.11. The van der Waals surface area contributed by atoms with Crippen molar-refractivity contribution in [2.75, 3.05) is 17.6 Å². The van der Waals surface area contributed by atoms with E-state index >= 15 is 0 Å². The van der Waals surface area contributed by atoms with E-state index in [1.165, 1.54) is 24.2 Å². The van der Waals surface area contributed by atoms with Gasteiger partial charge in [0.25, 0.3) is 0 Å². The van der Waals surface area contributed by atoms with Gasteiger partial charge >= 0.3 is 5.97 Å². The molecule has 0 amide bonds. The number of fused-ring (bicyclic) bond motifs is 1. The number of hydrogen-bond acceptors (Lipinski definition) is 6. The summed E-state index contributed by atoms with van der Waals surface area (Å²) in [5.41, 5.74) is 3.42. The Hall–Kier alpha value is -3.90. The molecule has 0 aliphatic rings. The van der Waals surface area contributed by atoms with Crippen LogP contribution in [0.15, 0.2) is 53.7 Å². The van der Waals surface area contributed by atoms with Crippen molar-refractivity contribution in [1.29, 1.82) is 5.26 Å². The molecule has 7 nitrogen and oxygen atoms in total. The van der Waals surface area contributed by atoms with E-state index in [2.05, 4.69) is 21.4 Å². The maximum atomic E-state index is 14.5. The number of nitrogens with one attached hydrogen (secondary N) is 1. The number of halogens is 1. The predicted molar refractivity (Wildman–Crippen MR) is 131 cm³/mol. The van der Waals surface area contributed by atoms with Crippen molar-refractivity contribution in [3.05, 3.63) is 71.4 Å². The van der Waals surface area contributed by atoms with E-state index in [-0.39, 0.29) is 11.4 Å². The van der Waals surface area contributed by atoms with E-state index in [0.29, 0.717) is 40.7 Å². The molecule has 0 unspecified atom stereocenters. The highest BCUT2D eigenvalue weighted by molar-refractivity contribution is 7.99. The van der Waals surface area contributed by atoms with Crippen molar-refractivity contribution >= 4 is 34.5 Å². The Morgan fingerprint density at radius 2 is 2.06 bits per heavy atom. The molecule has 4 rings (SSSR count). The molecular formula is C25H22FN5O2S. The van der Waals surface area contributed by atoms with Gasteiger partial charge in [-0.05, 0) is 42.5 Å². The fourth-order valence-electron chi connectivity index (χ4n) is 3.84. The molecular weight excluding hydrogens is 453 g/mol. The summed E-state index contributed by atoms with van der Waals surface area (Å²) < 4.78 is 16.2. The number of aromatic nitrogens is 3. The van der Waals surface area contributed by atoms with Crippen molar-refractivity contribution in [1.82, 2.24) is 14.5 Å². The second-order valence-corrected chi connectivity index (χ2v) is 8.89. The number of carboxylic acid groups (broad SMARTS) is 1. The first-order chi connectivity index (χ1) is 16.4. The average molecular weight is 476 g/mol. The van der Waals surface area contributed by atoms with Crippen molar-refractivity contribution in [2.24, 2.45) is 0 Å². The first-order valence-electron chi connectivity index (χ1n) is 10.7. The van der Waals surface area contributed by atoms with Crippen LogP contribution in [0.1, 0.15) is 28.5 Å². The molecule has 0 saturated carbocycles. The van der Waals surface area contributed by atoms with E-state index in [4.69, 9.17) is 0 Å². The lowest BCUT2D eigenvalue weighted by molar-refractivity contribution is 0.0693. The minimum absolute atomic E-state index is 0.262. The van der Waals surface area contributed by atoms with Gasteiger partial charge in [0.1, 0.15) is 29.7 Å². The Morgan fingerprint density at radius 3 is 2.79 bits per heavy atom. The highest BCUT2D eigenvalue weighted by atomic mass is 32.2. The molecule has 0 bridgehead atoms. The van der Waals surface area contributed by atoms with Crippen molar-refractivity contribution in [3.63, 3.8) is 0 Å². The fourth-order valence-corrected chi connectivity index (χ4v) is 4.67. The number of carboxylic acids is 1. The summed E-state index contributed by atoms with van der Waals surface area (Å²) in [6.45, 7) is 4.64. The van der Waals surface area contributed by atoms with Crippen LogP contribution in [0.2, 0.25) is 0 Å². The zero-order valence-electron chi connectivity index (χ0n) is 18.7. The molecule has 0 atom stereocenters. The molecule has 4 aromatic rings. The minimum Gasteiger partial charge on any atom is -0.478 e. The lowest BCUT2D eigenvalue weighted by atomic mass is 10.1. The van der Waals surface area contributed by atoms with Crippen LogP contribution in [0.4, 0.5) is 10.2 Å². The van der Waals surface area contributed by atoms with E-state index < -0.39 is 5.97 Å². The zero-order valence-corrected chi connectivity index (χ0v) is 19.5. The van der Waals surface area contributed by atoms with Gasteiger partial charge in [0.2, 0.25) is 0 Å². The molecule has 2 heterocycles. The molecule has 2 N–H and O–H groups in total. The second kappa shape index (κ2) is 9.93. The number of nitriles is 1. The molecule has 0 aliphatic carbocycles. The molecule has 34 heavy (non-hydrogen) atoms. The van der Waals surface area contributed by atoms with Crippen LogP contribution >= 0.6 is 11.8 Å². The number of aryl methyl sites for hydroxylation is 1. The first-order valence-corrected chi connectivity index (χ1v) is 11.7. The molecule has 0 aliphatic heterocycles. The topological polar surface area (TPSA) is 104 Å². The van der Waals surface area contributed by atoms with Crippen LogP contribution in [0.3, 0.4) is 0 Å². The fraction of sp³-hybridized carbons (Fsp3) is 0.200. The maximum Gasteiger partial charge on any atom is 0.336 e. The van der Waals surface area contributed by atoms with Gasteiger partial charge in [0, 0.05) is 35.0 Å². The van der Waals surface area contributed by atoms with E-state index in [9.17, 15) is 19.6 Å². The van der Waals surface area contributed by atoms with Crippen molar-refractivity contribution in [3.8, 4) is 17.3 Å². The Bertz CT molecular complexity index is 1430. The molecule has 9 heteroatoms. The number of anilines is 1. The number of thioether (sulfide) groups is 1. The highest BCUT2D eigenvalue weighted by Crippen LogP contribution is 2.29. The number of nitrogens with zero attached hydrogens (tertiary/aromatic N) is 4. The van der Waals surface area contributed by atoms with Crippen LogP contribution in [0.25, 0.3) is 22.2 Å². The van der Waals surface area contributed by atoms with Crippen molar-refractivity contribution < 1.29 is 14.3 Å². The minimum atomic E-state index is -0.964. The first kappa shape index (κ1) is 23.3. The standard InChI is InChI=1S/C25H22FN5O2S/c1-3-34-22-10-16(5-6-18(22)25(32)33)21-12-23(30-14-29-21)28-8-9-31-17(13-27)11-19-15(2)4-7-20(26)24(19)31/h4-7,10-12,14H,3,8-9H2,1-2H3,(H,32,33)(H,28,29,30). The lowest BCUT2D eigenvalue weighted by Crippen LogP contribution is -2.13. The third-order valence-electron chi connectivity index (χ3n) is 5.46. The molecule has 0 fully saturated rings. The highest BCUT2D eigenvalue weighted by Gasteiger charge is 2.15. The molecule has 0 radical (unpaired) electrons. The maximum absolute atomic E-state index is 14.5. The zero-order chi connectivity index (χ0) is 24.2. The summed E-state index contributed by atoms with van der Waals surface area (Å²) in [4.78, 5) is 20.8. The molecule has 0 spiro atoms. The summed E-state index contributed by atoms with van der Waals surface area (Å²) in [7, 11) is 0. The average Bonchev–Trinajstić information content (AvgIpc) is 3.21. The Kier molecular flexibility index (Phi) is 6.80. The molecule has 2 aromatic carbocycles. The smallest absolute Gasteiger partial charge is 0.336 e. The predicted octanol–water partition coefficient (Wildman–Crippen LogP) is 5.34. The number of benzene rings is 2. The summed E-state index contributed by atoms with van der Waals surface area (Å²) in [5, 5.41) is 22.9. The number of rotatable bonds is 8. The molecule has 2 aromatic heterocycles. The van der Waals surface area contributed by atoms with E-state index in [0.717, 1.165) is 22.3 Å². The van der Waals surface area contributed by atoms with Crippen LogP contribution in [0.5, 0.6) is 0 Å². The Balaban J connectivity index is 1.55. The van der Waals surface area contributed by atoms with Gasteiger partial charge in [-0.15, -0.1) is 11.8 Å². The van der Waals surface area contributed by atoms with Crippen LogP contribution < -0.4 is 5.32 Å². The van der Waals surface area contributed by atoms with Gasteiger partial charge < -0.3 is 15.0 Å². The monoisotopic (exact) mass is 475 g/mol. The van der Waals surface area contributed by atoms with Gasteiger partial charge in [-0.1, -0.05) is 19.1 Å². The van der Waals surface area contributed by atoms with Gasteiger partial charge in [0.05, 0.1) is 16.8 Å². The Morgan fingerprint density at radius 1 is 1.24 bits per heavy atom. The Labute approximate surface area is 200 Å². The molecule has 0 saturated heterocycles. The van der Waals surface area contributed by atoms with Gasteiger partial charge in [0.15, 0.2) is 0 Å². The van der Waals surface area contributed by atoms with Gasteiger partial charge in [-0.25, -0.2) is 19.2 Å². The summed E-state index contributed by atoms with van der Waals surface area (Å²) in [6, 6.07) is 13.9. The quantitative estimate of drug-likeness (QED) is 0.332. The number of carbonyl (C=O) groups is 1. The SMILES string of the molecule is CCSc1cc(-c2cc(NCCn3c(C#N)cc4c(C)ccc(F)c43)ncn2)ccc1C(=O)O. The van der Waals surface area contributed by atoms with E-state index in [1.54, 1.807) is 34.9 Å². The van der Waals surface area contributed by atoms with Crippen molar-refractivity contribution in [2.45, 2.75) is 25.3 Å². The molecule has 172 valence electrons. The summed E-state index contributed by atoms with van der Waals surface area (Å²) >= 11 is 1.46. The number of hydrogen-bond donors (Lipinski definition) is 2. The second-order valence-electron chi connectivity index (χ2n) is 7.58. The van der Waals surface area contributed by atoms with Gasteiger partial charge in [-0.3, -0.25) is 0 Å². The van der Waals surface area contributed by atoms with Gasteiger partial charge in [-0.2, -0.15) is 5.26 Å². The van der Waals surface area contributed by atoms with Crippen LogP contribution in [-0.4, -0.2) is 37.9 Å². The third kappa shape index (κ3) is 4.58. The summed E-state index contributed by atoms with van der Waals surface area (Å²) in [5.74, 6) is -0.00630. The number of aromatic carboxylic acids is 1. The third-order valence-corrected chi connectivity index (χ3v) is 6.40. The van der Waals surface area contributed by atoms with Crippen LogP contribution in [-0.2, 0) is 6.54 Å².